The summed E-state index contributed by atoms with van der Waals surface area (Å²) in [4.78, 5) is 22.6. The number of amides is 2. The van der Waals surface area contributed by atoms with Gasteiger partial charge in [0.25, 0.3) is 0 Å². The Balaban J connectivity index is 2.14. The Labute approximate surface area is 99.2 Å². The Kier molecular flexibility index (Phi) is 3.27. The summed E-state index contributed by atoms with van der Waals surface area (Å²) in [6, 6.07) is 8.82. The monoisotopic (exact) mass is 234 g/mol. The van der Waals surface area contributed by atoms with Crippen LogP contribution in [0.25, 0.3) is 0 Å². The molecule has 1 saturated heterocycles. The molecule has 90 valence electrons. The molecule has 0 bridgehead atoms. The van der Waals surface area contributed by atoms with Gasteiger partial charge in [-0.1, -0.05) is 30.3 Å². The summed E-state index contributed by atoms with van der Waals surface area (Å²) in [5.74, 6) is -0.333. The van der Waals surface area contributed by atoms with E-state index >= 15 is 0 Å². The zero-order valence-corrected chi connectivity index (χ0v) is 9.47. The van der Waals surface area contributed by atoms with Gasteiger partial charge in [-0.3, -0.25) is 4.79 Å². The second-order valence-corrected chi connectivity index (χ2v) is 3.89. The van der Waals surface area contributed by atoms with Crippen molar-refractivity contribution < 1.29 is 14.3 Å². The summed E-state index contributed by atoms with van der Waals surface area (Å²) in [6.07, 6.45) is 0.162. The first-order chi connectivity index (χ1) is 8.20. The van der Waals surface area contributed by atoms with Crippen molar-refractivity contribution in [2.24, 2.45) is 0 Å². The molecule has 2 N–H and O–H groups in total. The molecule has 0 saturated carbocycles. The Morgan fingerprint density at radius 1 is 1.29 bits per heavy atom. The fourth-order valence-corrected chi connectivity index (χ4v) is 1.94. The maximum absolute atomic E-state index is 11.3. The summed E-state index contributed by atoms with van der Waals surface area (Å²) in [7, 11) is 1.34. The molecule has 2 amide bonds. The van der Waals surface area contributed by atoms with Crippen LogP contribution in [0.5, 0.6) is 0 Å². The number of hydrogen-bond acceptors (Lipinski definition) is 3. The summed E-state index contributed by atoms with van der Waals surface area (Å²) in [6.45, 7) is 0. The van der Waals surface area contributed by atoms with Crippen LogP contribution in [0.3, 0.4) is 0 Å². The highest BCUT2D eigenvalue weighted by Crippen LogP contribution is 2.22. The maximum Gasteiger partial charge on any atom is 0.315 e. The number of esters is 1. The largest absolute Gasteiger partial charge is 0.469 e. The first kappa shape index (κ1) is 11.4. The smallest absolute Gasteiger partial charge is 0.315 e. The molecule has 1 aromatic rings. The second-order valence-electron chi connectivity index (χ2n) is 3.89. The zero-order chi connectivity index (χ0) is 12.3. The van der Waals surface area contributed by atoms with Crippen LogP contribution in [-0.4, -0.2) is 25.2 Å². The number of carbonyl (C=O) groups excluding carboxylic acids is 2. The molecule has 1 aliphatic heterocycles. The van der Waals surface area contributed by atoms with E-state index in [1.54, 1.807) is 0 Å². The van der Waals surface area contributed by atoms with Gasteiger partial charge in [0.2, 0.25) is 0 Å². The van der Waals surface area contributed by atoms with Crippen molar-refractivity contribution in [3.05, 3.63) is 35.9 Å². The van der Waals surface area contributed by atoms with Crippen LogP contribution in [0.2, 0.25) is 0 Å². The molecule has 2 atom stereocenters. The van der Waals surface area contributed by atoms with E-state index in [1.165, 1.54) is 7.11 Å². The number of hydrogen-bond donors (Lipinski definition) is 2. The van der Waals surface area contributed by atoms with Crippen LogP contribution in [0.1, 0.15) is 18.0 Å². The van der Waals surface area contributed by atoms with Crippen molar-refractivity contribution >= 4 is 12.0 Å². The molecule has 0 spiro atoms. The molecule has 1 aliphatic rings. The standard InChI is InChI=1S/C12H14N2O3/c1-17-10(15)7-9-11(14-12(16)13-9)8-5-3-2-4-6-8/h2-6,9,11H,7H2,1H3,(H2,13,14,16)/t9-,11-/m1/s1. The Morgan fingerprint density at radius 3 is 2.65 bits per heavy atom. The van der Waals surface area contributed by atoms with Gasteiger partial charge < -0.3 is 15.4 Å². The topological polar surface area (TPSA) is 67.4 Å². The Bertz CT molecular complexity index is 419. The lowest BCUT2D eigenvalue weighted by atomic mass is 9.99. The van der Waals surface area contributed by atoms with Crippen LogP contribution in [-0.2, 0) is 9.53 Å². The van der Waals surface area contributed by atoms with Gasteiger partial charge >= 0.3 is 12.0 Å². The van der Waals surface area contributed by atoms with E-state index < -0.39 is 0 Å². The fourth-order valence-electron chi connectivity index (χ4n) is 1.94. The van der Waals surface area contributed by atoms with Gasteiger partial charge in [0.15, 0.2) is 0 Å². The van der Waals surface area contributed by atoms with Gasteiger partial charge in [0.05, 0.1) is 25.6 Å². The van der Waals surface area contributed by atoms with Crippen molar-refractivity contribution in [1.82, 2.24) is 10.6 Å². The van der Waals surface area contributed by atoms with Gasteiger partial charge in [-0.25, -0.2) is 4.79 Å². The molecule has 0 aromatic heterocycles. The molecule has 0 unspecified atom stereocenters. The van der Waals surface area contributed by atoms with Gasteiger partial charge in [0, 0.05) is 0 Å². The maximum atomic E-state index is 11.3. The van der Waals surface area contributed by atoms with Crippen LogP contribution in [0.4, 0.5) is 4.79 Å². The third-order valence-electron chi connectivity index (χ3n) is 2.78. The van der Waals surface area contributed by atoms with Crippen molar-refractivity contribution in [3.63, 3.8) is 0 Å². The number of urea groups is 1. The van der Waals surface area contributed by atoms with Gasteiger partial charge in [0.1, 0.15) is 0 Å². The number of carbonyl (C=O) groups is 2. The predicted molar refractivity (Wildman–Crippen MR) is 61.3 cm³/mol. The summed E-state index contributed by atoms with van der Waals surface area (Å²) < 4.78 is 4.61. The van der Waals surface area contributed by atoms with Crippen molar-refractivity contribution in [3.8, 4) is 0 Å². The molecular weight excluding hydrogens is 220 g/mol. The molecular formula is C12H14N2O3. The molecule has 17 heavy (non-hydrogen) atoms. The third kappa shape index (κ3) is 2.55. The number of nitrogens with one attached hydrogen (secondary N) is 2. The molecule has 1 aromatic carbocycles. The fraction of sp³-hybridized carbons (Fsp3) is 0.333. The second kappa shape index (κ2) is 4.86. The molecule has 5 nitrogen and oxygen atoms in total. The number of methoxy groups -OCH3 is 1. The van der Waals surface area contributed by atoms with E-state index in [-0.39, 0.29) is 30.5 Å². The Hall–Kier alpha value is -2.04. The quantitative estimate of drug-likeness (QED) is 0.766. The average Bonchev–Trinajstić information content (AvgIpc) is 2.71. The van der Waals surface area contributed by atoms with E-state index in [9.17, 15) is 9.59 Å². The van der Waals surface area contributed by atoms with Crippen molar-refractivity contribution in [2.45, 2.75) is 18.5 Å². The van der Waals surface area contributed by atoms with Crippen molar-refractivity contribution in [1.29, 1.82) is 0 Å². The molecule has 0 aliphatic carbocycles. The van der Waals surface area contributed by atoms with Crippen molar-refractivity contribution in [2.75, 3.05) is 7.11 Å². The first-order valence-electron chi connectivity index (χ1n) is 5.39. The average molecular weight is 234 g/mol. The highest BCUT2D eigenvalue weighted by atomic mass is 16.5. The minimum absolute atomic E-state index is 0.162. The molecule has 1 fully saturated rings. The lowest BCUT2D eigenvalue weighted by molar-refractivity contribution is -0.141. The highest BCUT2D eigenvalue weighted by Gasteiger charge is 2.34. The Morgan fingerprint density at radius 2 is 2.00 bits per heavy atom. The van der Waals surface area contributed by atoms with Gasteiger partial charge in [-0.15, -0.1) is 0 Å². The number of rotatable bonds is 3. The van der Waals surface area contributed by atoms with Crippen LogP contribution >= 0.6 is 0 Å². The van der Waals surface area contributed by atoms with Crippen LogP contribution < -0.4 is 10.6 Å². The minimum atomic E-state index is -0.333. The molecule has 2 rings (SSSR count). The molecule has 1 heterocycles. The van der Waals surface area contributed by atoms with E-state index in [0.29, 0.717) is 0 Å². The van der Waals surface area contributed by atoms with E-state index in [0.717, 1.165) is 5.56 Å². The summed E-state index contributed by atoms with van der Waals surface area (Å²) in [5, 5.41) is 5.51. The SMILES string of the molecule is COC(=O)C[C@H]1NC(=O)N[C@@H]1c1ccccc1. The van der Waals surface area contributed by atoms with Gasteiger partial charge in [-0.05, 0) is 5.56 Å². The number of ether oxygens (including phenoxy) is 1. The zero-order valence-electron chi connectivity index (χ0n) is 9.47. The van der Waals surface area contributed by atoms with E-state index in [1.807, 2.05) is 30.3 Å². The lowest BCUT2D eigenvalue weighted by Gasteiger charge is -2.17. The summed E-state index contributed by atoms with van der Waals surface area (Å²) in [5.41, 5.74) is 0.972. The van der Waals surface area contributed by atoms with Gasteiger partial charge in [-0.2, -0.15) is 0 Å². The minimum Gasteiger partial charge on any atom is -0.469 e. The third-order valence-corrected chi connectivity index (χ3v) is 2.78. The first-order valence-corrected chi connectivity index (χ1v) is 5.39. The summed E-state index contributed by atoms with van der Waals surface area (Å²) >= 11 is 0. The van der Waals surface area contributed by atoms with E-state index in [4.69, 9.17) is 0 Å². The highest BCUT2D eigenvalue weighted by molar-refractivity contribution is 5.80. The van der Waals surface area contributed by atoms with Crippen LogP contribution in [0, 0.1) is 0 Å². The van der Waals surface area contributed by atoms with E-state index in [2.05, 4.69) is 15.4 Å². The lowest BCUT2D eigenvalue weighted by Crippen LogP contribution is -2.30. The predicted octanol–water partition coefficient (Wildman–Crippen LogP) is 0.972. The molecule has 0 radical (unpaired) electrons. The number of benzene rings is 1. The normalized spacial score (nSPS) is 22.8. The van der Waals surface area contributed by atoms with Crippen LogP contribution in [0.15, 0.2) is 30.3 Å². The molecule has 5 heteroatoms.